The molecule has 0 atom stereocenters. The number of nitrogens with zero attached hydrogens (tertiary/aromatic N) is 4. The van der Waals surface area contributed by atoms with Gasteiger partial charge in [-0.15, -0.1) is 0 Å². The summed E-state index contributed by atoms with van der Waals surface area (Å²) in [5, 5.41) is 9.43. The number of para-hydroxylation sites is 2. The lowest BCUT2D eigenvalue weighted by molar-refractivity contribution is 0.590. The Labute approximate surface area is 333 Å². The fourth-order valence-corrected chi connectivity index (χ4v) is 8.52. The predicted molar refractivity (Wildman–Crippen MR) is 244 cm³/mol. The van der Waals surface area contributed by atoms with Crippen LogP contribution in [0.3, 0.4) is 0 Å². The average molecular weight is 735 g/mol. The van der Waals surface area contributed by atoms with E-state index in [2.05, 4.69) is 190 Å². The highest BCUT2D eigenvalue weighted by Crippen LogP contribution is 2.49. The number of anilines is 6. The topological polar surface area (TPSA) is 32.3 Å². The Bertz CT molecular complexity index is 3130. The second-order valence-corrected chi connectivity index (χ2v) is 16.1. The summed E-state index contributed by atoms with van der Waals surface area (Å²) in [4.78, 5) is 14.6. The van der Waals surface area contributed by atoms with E-state index in [1.807, 2.05) is 24.5 Å². The molecular weight excluding hydrogens is 693 g/mol. The van der Waals surface area contributed by atoms with Gasteiger partial charge in [-0.3, -0.25) is 9.97 Å². The molecule has 0 aliphatic rings. The number of allylic oxidation sites excluding steroid dienone is 1. The number of hydrogen-bond donors (Lipinski definition) is 0. The predicted octanol–water partition coefficient (Wildman–Crippen LogP) is 15.0. The second-order valence-electron chi connectivity index (χ2n) is 16.1. The molecule has 274 valence electrons. The molecule has 4 heteroatoms. The van der Waals surface area contributed by atoms with Crippen molar-refractivity contribution in [2.75, 3.05) is 9.80 Å². The zero-order valence-electron chi connectivity index (χ0n) is 32.7. The quantitative estimate of drug-likeness (QED) is 0.153. The van der Waals surface area contributed by atoms with Gasteiger partial charge in [-0.05, 0) is 106 Å². The molecule has 57 heavy (non-hydrogen) atoms. The molecule has 2 heterocycles. The Balaban J connectivity index is 1.24. The van der Waals surface area contributed by atoms with Crippen molar-refractivity contribution in [2.24, 2.45) is 0 Å². The van der Waals surface area contributed by atoms with Gasteiger partial charge in [0.05, 0.1) is 33.8 Å². The van der Waals surface area contributed by atoms with E-state index in [-0.39, 0.29) is 5.41 Å². The van der Waals surface area contributed by atoms with Gasteiger partial charge in [0.15, 0.2) is 0 Å². The van der Waals surface area contributed by atoms with Crippen molar-refractivity contribution < 1.29 is 0 Å². The molecule has 0 aliphatic heterocycles. The highest BCUT2D eigenvalue weighted by molar-refractivity contribution is 6.28. The van der Waals surface area contributed by atoms with E-state index < -0.39 is 0 Å². The molecule has 0 bridgehead atoms. The zero-order chi connectivity index (χ0) is 38.8. The molecule has 0 radical (unpaired) electrons. The summed E-state index contributed by atoms with van der Waals surface area (Å²) in [6.45, 7) is 13.0. The van der Waals surface area contributed by atoms with E-state index >= 15 is 0 Å². The summed E-state index contributed by atoms with van der Waals surface area (Å²) in [5.74, 6) is 0. The highest BCUT2D eigenvalue weighted by atomic mass is 15.2. The maximum atomic E-state index is 4.94. The summed E-state index contributed by atoms with van der Waals surface area (Å²) in [7, 11) is 0. The van der Waals surface area contributed by atoms with Crippen LogP contribution < -0.4 is 9.80 Å². The van der Waals surface area contributed by atoms with Crippen LogP contribution in [0, 0.1) is 0 Å². The molecule has 0 aliphatic carbocycles. The van der Waals surface area contributed by atoms with Gasteiger partial charge in [0.1, 0.15) is 0 Å². The van der Waals surface area contributed by atoms with E-state index in [0.29, 0.717) is 0 Å². The lowest BCUT2D eigenvalue weighted by atomic mass is 9.87. The van der Waals surface area contributed by atoms with Gasteiger partial charge in [-0.1, -0.05) is 130 Å². The second kappa shape index (κ2) is 13.3. The van der Waals surface area contributed by atoms with Gasteiger partial charge in [0.2, 0.25) is 0 Å². The van der Waals surface area contributed by atoms with Crippen molar-refractivity contribution in [1.29, 1.82) is 0 Å². The molecule has 4 nitrogen and oxygen atoms in total. The SMILES string of the molecule is C=C(C)c1ccc(N(c2ccc3ccc4c(N(c5ccc(C(C)(C)C)cc5)c5cccc6cccnc56)ccc5ccc2c3c54)c2cccc3cccnc23)cc1. The molecule has 0 saturated carbocycles. The molecule has 0 amide bonds. The highest BCUT2D eigenvalue weighted by Gasteiger charge is 2.24. The standard InChI is InChI=1S/C53H42N4/c1-34(2)35-16-24-41(25-17-35)56(47-14-6-10-38-12-8-32-54-51(38)47)45-30-20-36-19-29-44-46(31-21-37-18-28-43(45)49(36)50(37)44)57(42-26-22-40(23-27-42)53(3,4)5)48-15-7-11-39-13-9-33-55-52(39)48/h6-33H,1H2,2-5H3. The van der Waals surface area contributed by atoms with Crippen molar-refractivity contribution in [3.8, 4) is 0 Å². The molecule has 0 saturated heterocycles. The molecule has 10 rings (SSSR count). The first-order valence-corrected chi connectivity index (χ1v) is 19.6. The van der Waals surface area contributed by atoms with Crippen LogP contribution in [0.5, 0.6) is 0 Å². The number of aromatic nitrogens is 2. The number of rotatable bonds is 7. The smallest absolute Gasteiger partial charge is 0.0942 e. The van der Waals surface area contributed by atoms with Crippen molar-refractivity contribution >= 4 is 93.8 Å². The molecule has 0 fully saturated rings. The average Bonchev–Trinajstić information content (AvgIpc) is 3.24. The van der Waals surface area contributed by atoms with Crippen molar-refractivity contribution in [3.05, 3.63) is 188 Å². The number of benzene rings is 8. The van der Waals surface area contributed by atoms with E-state index in [9.17, 15) is 0 Å². The molecule has 10 aromatic rings. The van der Waals surface area contributed by atoms with Crippen molar-refractivity contribution in [1.82, 2.24) is 9.97 Å². The third-order valence-electron chi connectivity index (χ3n) is 11.4. The van der Waals surface area contributed by atoms with Crippen LogP contribution in [0.25, 0.3) is 59.7 Å². The zero-order valence-corrected chi connectivity index (χ0v) is 32.7. The van der Waals surface area contributed by atoms with Crippen LogP contribution in [-0.2, 0) is 5.41 Å². The summed E-state index contributed by atoms with van der Waals surface area (Å²) in [6, 6.07) is 57.2. The Hall–Kier alpha value is -7.04. The van der Waals surface area contributed by atoms with Crippen molar-refractivity contribution in [3.63, 3.8) is 0 Å². The summed E-state index contributed by atoms with van der Waals surface area (Å²) < 4.78 is 0. The molecule has 0 spiro atoms. The van der Waals surface area contributed by atoms with E-state index in [4.69, 9.17) is 9.97 Å². The van der Waals surface area contributed by atoms with Crippen LogP contribution in [-0.4, -0.2) is 9.97 Å². The van der Waals surface area contributed by atoms with Crippen LogP contribution in [0.4, 0.5) is 34.1 Å². The minimum absolute atomic E-state index is 0.0394. The number of pyridine rings is 2. The third kappa shape index (κ3) is 5.76. The summed E-state index contributed by atoms with van der Waals surface area (Å²) in [5.41, 5.74) is 11.8. The Morgan fingerprint density at radius 3 is 1.35 bits per heavy atom. The van der Waals surface area contributed by atoms with Gasteiger partial charge in [-0.25, -0.2) is 0 Å². The number of fused-ring (bicyclic) bond motifs is 2. The first kappa shape index (κ1) is 34.5. The third-order valence-corrected chi connectivity index (χ3v) is 11.4. The Kier molecular flexibility index (Phi) is 8.05. The maximum Gasteiger partial charge on any atom is 0.0942 e. The van der Waals surface area contributed by atoms with Crippen molar-refractivity contribution in [2.45, 2.75) is 33.1 Å². The molecular formula is C53H42N4. The van der Waals surface area contributed by atoms with Gasteiger partial charge in [0.25, 0.3) is 0 Å². The van der Waals surface area contributed by atoms with Crippen LogP contribution in [0.15, 0.2) is 177 Å². The number of hydrogen-bond acceptors (Lipinski definition) is 4. The van der Waals surface area contributed by atoms with E-state index in [1.165, 1.54) is 37.9 Å². The van der Waals surface area contributed by atoms with Crippen LogP contribution in [0.2, 0.25) is 0 Å². The largest absolute Gasteiger partial charge is 0.308 e. The molecule has 8 aromatic carbocycles. The normalized spacial score (nSPS) is 11.9. The Morgan fingerprint density at radius 1 is 0.456 bits per heavy atom. The monoisotopic (exact) mass is 734 g/mol. The van der Waals surface area contributed by atoms with Crippen LogP contribution >= 0.6 is 0 Å². The molecule has 0 N–H and O–H groups in total. The van der Waals surface area contributed by atoms with Gasteiger partial charge < -0.3 is 9.80 Å². The fraction of sp³-hybridized carbons (Fsp3) is 0.0943. The minimum Gasteiger partial charge on any atom is -0.308 e. The maximum absolute atomic E-state index is 4.94. The van der Waals surface area contributed by atoms with Gasteiger partial charge >= 0.3 is 0 Å². The minimum atomic E-state index is 0.0394. The summed E-state index contributed by atoms with van der Waals surface area (Å²) in [6.07, 6.45) is 3.77. The molecule has 0 unspecified atom stereocenters. The lowest BCUT2D eigenvalue weighted by Gasteiger charge is -2.30. The molecule has 2 aromatic heterocycles. The van der Waals surface area contributed by atoms with Gasteiger partial charge in [-0.2, -0.15) is 0 Å². The summed E-state index contributed by atoms with van der Waals surface area (Å²) >= 11 is 0. The van der Waals surface area contributed by atoms with Gasteiger partial charge in [0, 0.05) is 45.3 Å². The van der Waals surface area contributed by atoms with Crippen LogP contribution in [0.1, 0.15) is 38.8 Å². The fourth-order valence-electron chi connectivity index (χ4n) is 8.52. The first-order chi connectivity index (χ1) is 27.7. The van der Waals surface area contributed by atoms with E-state index in [0.717, 1.165) is 67.1 Å². The Morgan fingerprint density at radius 2 is 0.895 bits per heavy atom. The first-order valence-electron chi connectivity index (χ1n) is 19.6. The van der Waals surface area contributed by atoms with E-state index in [1.54, 1.807) is 0 Å². The lowest BCUT2D eigenvalue weighted by Crippen LogP contribution is -2.14.